The molecule has 1 aromatic rings. The molecular formula is C9H12N2O4. The Bertz CT molecular complexity index is 368. The maximum Gasteiger partial charge on any atom is 0.312 e. The molecular weight excluding hydrogens is 200 g/mol. The second kappa shape index (κ2) is 3.62. The van der Waals surface area contributed by atoms with Crippen molar-refractivity contribution in [2.24, 2.45) is 0 Å². The lowest BCUT2D eigenvalue weighted by Gasteiger charge is -2.15. The van der Waals surface area contributed by atoms with Crippen LogP contribution < -0.4 is 0 Å². The molecule has 0 radical (unpaired) electrons. The van der Waals surface area contributed by atoms with Crippen LogP contribution in [0.2, 0.25) is 0 Å². The van der Waals surface area contributed by atoms with E-state index in [1.165, 1.54) is 0 Å². The minimum Gasteiger partial charge on any atom is -0.481 e. The Kier molecular flexibility index (Phi) is 2.44. The summed E-state index contributed by atoms with van der Waals surface area (Å²) >= 11 is 0. The minimum absolute atomic E-state index is 0.144. The largest absolute Gasteiger partial charge is 0.481 e. The van der Waals surface area contributed by atoms with Gasteiger partial charge in [-0.3, -0.25) is 4.79 Å². The standard InChI is InChI=1S/C9H12N2O4/c1-9(2-3-14-5-9)8-11-10-6(15-8)4-7(12)13/h2-5H2,1H3,(H,12,13). The molecule has 82 valence electrons. The SMILES string of the molecule is CC1(c2nnc(CC(=O)O)o2)CCOC1. The van der Waals surface area contributed by atoms with Crippen molar-refractivity contribution in [1.29, 1.82) is 0 Å². The summed E-state index contributed by atoms with van der Waals surface area (Å²) in [5.74, 6) is -0.361. The number of hydrogen-bond donors (Lipinski definition) is 1. The van der Waals surface area contributed by atoms with E-state index >= 15 is 0 Å². The molecule has 0 aliphatic carbocycles. The summed E-state index contributed by atoms with van der Waals surface area (Å²) in [6.07, 6.45) is 0.589. The number of carboxylic acid groups (broad SMARTS) is 1. The summed E-state index contributed by atoms with van der Waals surface area (Å²) in [6, 6.07) is 0. The van der Waals surface area contributed by atoms with Gasteiger partial charge in [0.1, 0.15) is 6.42 Å². The lowest BCUT2D eigenvalue weighted by molar-refractivity contribution is -0.136. The highest BCUT2D eigenvalue weighted by molar-refractivity contribution is 5.68. The third kappa shape index (κ3) is 1.99. The van der Waals surface area contributed by atoms with Crippen molar-refractivity contribution in [2.45, 2.75) is 25.2 Å². The molecule has 1 atom stereocenters. The molecule has 1 unspecified atom stereocenters. The number of ether oxygens (including phenoxy) is 1. The van der Waals surface area contributed by atoms with E-state index in [0.29, 0.717) is 19.1 Å². The summed E-state index contributed by atoms with van der Waals surface area (Å²) in [7, 11) is 0. The molecule has 0 spiro atoms. The monoisotopic (exact) mass is 212 g/mol. The topological polar surface area (TPSA) is 85.5 Å². The van der Waals surface area contributed by atoms with Crippen LogP contribution in [-0.4, -0.2) is 34.5 Å². The van der Waals surface area contributed by atoms with Crippen LogP contribution in [0.15, 0.2) is 4.42 Å². The molecule has 0 bridgehead atoms. The first-order chi connectivity index (χ1) is 7.10. The van der Waals surface area contributed by atoms with E-state index in [4.69, 9.17) is 14.3 Å². The number of rotatable bonds is 3. The average molecular weight is 212 g/mol. The van der Waals surface area contributed by atoms with Gasteiger partial charge in [0.25, 0.3) is 0 Å². The molecule has 2 rings (SSSR count). The summed E-state index contributed by atoms with van der Waals surface area (Å²) < 4.78 is 10.6. The van der Waals surface area contributed by atoms with Gasteiger partial charge in [0, 0.05) is 6.61 Å². The van der Waals surface area contributed by atoms with E-state index in [2.05, 4.69) is 10.2 Å². The third-order valence-electron chi connectivity index (χ3n) is 2.50. The number of nitrogens with zero attached hydrogens (tertiary/aromatic N) is 2. The van der Waals surface area contributed by atoms with Gasteiger partial charge in [0.05, 0.1) is 12.0 Å². The van der Waals surface area contributed by atoms with Gasteiger partial charge in [-0.15, -0.1) is 10.2 Å². The van der Waals surface area contributed by atoms with Crippen molar-refractivity contribution in [2.75, 3.05) is 13.2 Å². The Morgan fingerprint density at radius 2 is 2.40 bits per heavy atom. The first-order valence-corrected chi connectivity index (χ1v) is 4.72. The van der Waals surface area contributed by atoms with Crippen molar-refractivity contribution in [3.8, 4) is 0 Å². The zero-order valence-corrected chi connectivity index (χ0v) is 8.39. The summed E-state index contributed by atoms with van der Waals surface area (Å²) in [6.45, 7) is 3.19. The number of hydrogen-bond acceptors (Lipinski definition) is 5. The van der Waals surface area contributed by atoms with Crippen molar-refractivity contribution in [3.63, 3.8) is 0 Å². The first-order valence-electron chi connectivity index (χ1n) is 4.72. The molecule has 0 amide bonds. The molecule has 6 nitrogen and oxygen atoms in total. The van der Waals surface area contributed by atoms with Crippen molar-refractivity contribution >= 4 is 5.97 Å². The van der Waals surface area contributed by atoms with Crippen molar-refractivity contribution in [3.05, 3.63) is 11.8 Å². The fraction of sp³-hybridized carbons (Fsp3) is 0.667. The molecule has 2 heterocycles. The smallest absolute Gasteiger partial charge is 0.312 e. The first kappa shape index (κ1) is 10.1. The Morgan fingerprint density at radius 3 is 3.00 bits per heavy atom. The predicted molar refractivity (Wildman–Crippen MR) is 48.4 cm³/mol. The van der Waals surface area contributed by atoms with Gasteiger partial charge in [-0.25, -0.2) is 0 Å². The fourth-order valence-electron chi connectivity index (χ4n) is 1.53. The van der Waals surface area contributed by atoms with Crippen LogP contribution in [-0.2, 0) is 21.4 Å². The highest BCUT2D eigenvalue weighted by atomic mass is 16.5. The van der Waals surface area contributed by atoms with E-state index in [1.54, 1.807) is 0 Å². The minimum atomic E-state index is -0.974. The van der Waals surface area contributed by atoms with Crippen LogP contribution >= 0.6 is 0 Å². The molecule has 0 aromatic carbocycles. The predicted octanol–water partition coefficient (Wildman–Crippen LogP) is 0.375. The van der Waals surface area contributed by atoms with E-state index in [-0.39, 0.29) is 17.7 Å². The molecule has 1 N–H and O–H groups in total. The van der Waals surface area contributed by atoms with E-state index in [9.17, 15) is 4.79 Å². The molecule has 1 aromatic heterocycles. The number of carboxylic acids is 1. The number of carbonyl (C=O) groups is 1. The Morgan fingerprint density at radius 1 is 1.60 bits per heavy atom. The normalized spacial score (nSPS) is 25.7. The molecule has 1 aliphatic heterocycles. The van der Waals surface area contributed by atoms with Gasteiger partial charge >= 0.3 is 5.97 Å². The Hall–Kier alpha value is -1.43. The highest BCUT2D eigenvalue weighted by Gasteiger charge is 2.37. The van der Waals surface area contributed by atoms with E-state index in [0.717, 1.165) is 6.42 Å². The highest BCUT2D eigenvalue weighted by Crippen LogP contribution is 2.31. The molecule has 1 saturated heterocycles. The van der Waals surface area contributed by atoms with Crippen LogP contribution in [0.5, 0.6) is 0 Å². The van der Waals surface area contributed by atoms with Gasteiger partial charge < -0.3 is 14.3 Å². The van der Waals surface area contributed by atoms with Gasteiger partial charge in [-0.05, 0) is 13.3 Å². The van der Waals surface area contributed by atoms with Crippen LogP contribution in [0.1, 0.15) is 25.1 Å². The zero-order chi connectivity index (χ0) is 10.9. The van der Waals surface area contributed by atoms with Crippen LogP contribution in [0, 0.1) is 0 Å². The van der Waals surface area contributed by atoms with Crippen LogP contribution in [0.4, 0.5) is 0 Å². The lowest BCUT2D eigenvalue weighted by Crippen LogP contribution is -2.22. The zero-order valence-electron chi connectivity index (χ0n) is 8.39. The van der Waals surface area contributed by atoms with Crippen molar-refractivity contribution < 1.29 is 19.1 Å². The maximum atomic E-state index is 10.4. The van der Waals surface area contributed by atoms with Crippen LogP contribution in [0.25, 0.3) is 0 Å². The summed E-state index contributed by atoms with van der Waals surface area (Å²) in [5, 5.41) is 16.1. The molecule has 15 heavy (non-hydrogen) atoms. The second-order valence-corrected chi connectivity index (χ2v) is 3.93. The van der Waals surface area contributed by atoms with Crippen LogP contribution in [0.3, 0.4) is 0 Å². The molecule has 1 aliphatic rings. The Labute approximate surface area is 86.3 Å². The van der Waals surface area contributed by atoms with Gasteiger partial charge in [0.15, 0.2) is 0 Å². The second-order valence-electron chi connectivity index (χ2n) is 3.93. The van der Waals surface area contributed by atoms with Gasteiger partial charge in [-0.1, -0.05) is 0 Å². The Balaban J connectivity index is 2.15. The number of aromatic nitrogens is 2. The molecule has 6 heteroatoms. The lowest BCUT2D eigenvalue weighted by atomic mass is 9.90. The van der Waals surface area contributed by atoms with Crippen molar-refractivity contribution in [1.82, 2.24) is 10.2 Å². The molecule has 1 fully saturated rings. The average Bonchev–Trinajstić information content (AvgIpc) is 2.74. The quantitative estimate of drug-likeness (QED) is 0.779. The summed E-state index contributed by atoms with van der Waals surface area (Å²) in [4.78, 5) is 10.4. The van der Waals surface area contributed by atoms with Gasteiger partial charge in [0.2, 0.25) is 11.8 Å². The maximum absolute atomic E-state index is 10.4. The third-order valence-corrected chi connectivity index (χ3v) is 2.50. The number of aliphatic carboxylic acids is 1. The summed E-state index contributed by atoms with van der Waals surface area (Å²) in [5.41, 5.74) is -0.260. The van der Waals surface area contributed by atoms with E-state index < -0.39 is 5.97 Å². The fourth-order valence-corrected chi connectivity index (χ4v) is 1.53. The van der Waals surface area contributed by atoms with Gasteiger partial charge in [-0.2, -0.15) is 0 Å². The van der Waals surface area contributed by atoms with E-state index in [1.807, 2.05) is 6.92 Å². The molecule has 0 saturated carbocycles.